The van der Waals surface area contributed by atoms with Crippen LogP contribution in [0.2, 0.25) is 0 Å². The Morgan fingerprint density at radius 2 is 2.05 bits per heavy atom. The van der Waals surface area contributed by atoms with E-state index in [9.17, 15) is 9.90 Å². The molecule has 22 heavy (non-hydrogen) atoms. The quantitative estimate of drug-likeness (QED) is 0.935. The van der Waals surface area contributed by atoms with E-state index in [1.807, 2.05) is 25.1 Å². The van der Waals surface area contributed by atoms with E-state index in [-0.39, 0.29) is 5.91 Å². The monoisotopic (exact) mass is 300 g/mol. The van der Waals surface area contributed by atoms with E-state index in [0.29, 0.717) is 25.1 Å². The van der Waals surface area contributed by atoms with Crippen LogP contribution in [0.15, 0.2) is 36.9 Å². The fraction of sp³-hybridized carbons (Fsp3) is 0.438. The van der Waals surface area contributed by atoms with Gasteiger partial charge in [0.15, 0.2) is 0 Å². The maximum atomic E-state index is 12.9. The molecular formula is C16H20N4O2. The van der Waals surface area contributed by atoms with Crippen LogP contribution in [0, 0.1) is 0 Å². The standard InChI is InChI=1S/C16H20N4O2/c1-2-16(22)8-5-9-19(10-16)15(21)13-6-3-4-7-14(13)20-11-17-18-12-20/h3-4,6-7,11-12,22H,2,5,8-10H2,1H3/t16-/m1/s1. The van der Waals surface area contributed by atoms with Crippen molar-refractivity contribution in [2.24, 2.45) is 0 Å². The van der Waals surface area contributed by atoms with Crippen LogP contribution < -0.4 is 0 Å². The Bertz CT molecular complexity index is 656. The number of rotatable bonds is 3. The summed E-state index contributed by atoms with van der Waals surface area (Å²) >= 11 is 0. The van der Waals surface area contributed by atoms with Crippen LogP contribution in [0.1, 0.15) is 36.5 Å². The van der Waals surface area contributed by atoms with Crippen molar-refractivity contribution < 1.29 is 9.90 Å². The minimum atomic E-state index is -0.764. The van der Waals surface area contributed by atoms with Gasteiger partial charge in [0.05, 0.1) is 16.9 Å². The number of carbonyl (C=O) groups is 1. The lowest BCUT2D eigenvalue weighted by Crippen LogP contribution is -2.50. The average Bonchev–Trinajstić information content (AvgIpc) is 3.08. The molecular weight excluding hydrogens is 280 g/mol. The highest BCUT2D eigenvalue weighted by molar-refractivity contribution is 5.97. The molecule has 1 N–H and O–H groups in total. The number of nitrogens with zero attached hydrogens (tertiary/aromatic N) is 4. The molecule has 0 saturated carbocycles. The first-order valence-corrected chi connectivity index (χ1v) is 7.59. The van der Waals surface area contributed by atoms with Gasteiger partial charge < -0.3 is 10.0 Å². The molecule has 1 amide bonds. The van der Waals surface area contributed by atoms with E-state index in [1.54, 1.807) is 28.2 Å². The molecule has 1 fully saturated rings. The highest BCUT2D eigenvalue weighted by atomic mass is 16.3. The summed E-state index contributed by atoms with van der Waals surface area (Å²) in [5, 5.41) is 18.1. The molecule has 1 atom stereocenters. The second-order valence-electron chi connectivity index (χ2n) is 5.79. The first kappa shape index (κ1) is 14.7. The predicted octanol–water partition coefficient (Wildman–Crippen LogP) is 1.64. The Balaban J connectivity index is 1.90. The first-order valence-electron chi connectivity index (χ1n) is 7.59. The van der Waals surface area contributed by atoms with E-state index in [2.05, 4.69) is 10.2 Å². The van der Waals surface area contributed by atoms with E-state index >= 15 is 0 Å². The largest absolute Gasteiger partial charge is 0.388 e. The van der Waals surface area contributed by atoms with Crippen LogP contribution in [-0.2, 0) is 0 Å². The molecule has 1 saturated heterocycles. The first-order chi connectivity index (χ1) is 10.6. The van der Waals surface area contributed by atoms with Gasteiger partial charge in [-0.15, -0.1) is 10.2 Å². The van der Waals surface area contributed by atoms with Gasteiger partial charge in [-0.1, -0.05) is 19.1 Å². The third-order valence-corrected chi connectivity index (χ3v) is 4.33. The van der Waals surface area contributed by atoms with Crippen LogP contribution in [0.3, 0.4) is 0 Å². The van der Waals surface area contributed by atoms with E-state index in [0.717, 1.165) is 18.5 Å². The highest BCUT2D eigenvalue weighted by Crippen LogP contribution is 2.26. The number of aromatic nitrogens is 3. The Labute approximate surface area is 129 Å². The fourth-order valence-electron chi connectivity index (χ4n) is 2.95. The zero-order chi connectivity index (χ0) is 15.6. The highest BCUT2D eigenvalue weighted by Gasteiger charge is 2.34. The van der Waals surface area contributed by atoms with Crippen molar-refractivity contribution >= 4 is 5.91 Å². The SMILES string of the molecule is CC[C@@]1(O)CCCN(C(=O)c2ccccc2-n2cnnc2)C1. The molecule has 6 nitrogen and oxygen atoms in total. The van der Waals surface area contributed by atoms with E-state index in [1.165, 1.54) is 0 Å². The number of aliphatic hydroxyl groups is 1. The maximum Gasteiger partial charge on any atom is 0.256 e. The lowest BCUT2D eigenvalue weighted by atomic mass is 9.90. The Kier molecular flexibility index (Phi) is 3.94. The van der Waals surface area contributed by atoms with Crippen LogP contribution in [0.4, 0.5) is 0 Å². The van der Waals surface area contributed by atoms with Crippen LogP contribution in [0.25, 0.3) is 5.69 Å². The van der Waals surface area contributed by atoms with Crippen molar-refractivity contribution in [3.8, 4) is 5.69 Å². The number of carbonyl (C=O) groups excluding carboxylic acids is 1. The average molecular weight is 300 g/mol. The number of benzene rings is 1. The van der Waals surface area contributed by atoms with Crippen molar-refractivity contribution in [1.29, 1.82) is 0 Å². The summed E-state index contributed by atoms with van der Waals surface area (Å²) in [6, 6.07) is 7.39. The zero-order valence-electron chi connectivity index (χ0n) is 12.6. The molecule has 0 bridgehead atoms. The van der Waals surface area contributed by atoms with Gasteiger partial charge in [0.2, 0.25) is 0 Å². The summed E-state index contributed by atoms with van der Waals surface area (Å²) in [5.74, 6) is -0.0594. The normalized spacial score (nSPS) is 21.8. The number of piperidine rings is 1. The zero-order valence-corrected chi connectivity index (χ0v) is 12.6. The molecule has 0 aliphatic carbocycles. The minimum absolute atomic E-state index is 0.0594. The number of para-hydroxylation sites is 1. The third-order valence-electron chi connectivity index (χ3n) is 4.33. The molecule has 1 aromatic carbocycles. The van der Waals surface area contributed by atoms with Crippen molar-refractivity contribution in [1.82, 2.24) is 19.7 Å². The molecule has 2 aromatic rings. The fourth-order valence-corrected chi connectivity index (χ4v) is 2.95. The lowest BCUT2D eigenvalue weighted by Gasteiger charge is -2.39. The van der Waals surface area contributed by atoms with Gasteiger partial charge in [0.25, 0.3) is 5.91 Å². The Morgan fingerprint density at radius 3 is 2.77 bits per heavy atom. The van der Waals surface area contributed by atoms with Gasteiger partial charge in [-0.25, -0.2) is 0 Å². The molecule has 1 aliphatic heterocycles. The van der Waals surface area contributed by atoms with Gasteiger partial charge in [0, 0.05) is 13.1 Å². The van der Waals surface area contributed by atoms with Crippen LogP contribution >= 0.6 is 0 Å². The summed E-state index contributed by atoms with van der Waals surface area (Å²) < 4.78 is 1.73. The van der Waals surface area contributed by atoms with Crippen LogP contribution in [0.5, 0.6) is 0 Å². The van der Waals surface area contributed by atoms with Crippen LogP contribution in [-0.4, -0.2) is 49.4 Å². The molecule has 6 heteroatoms. The number of hydrogen-bond donors (Lipinski definition) is 1. The summed E-state index contributed by atoms with van der Waals surface area (Å²) in [4.78, 5) is 14.6. The lowest BCUT2D eigenvalue weighted by molar-refractivity contribution is -0.0270. The maximum absolute atomic E-state index is 12.9. The molecule has 116 valence electrons. The summed E-state index contributed by atoms with van der Waals surface area (Å²) in [5.41, 5.74) is 0.588. The molecule has 2 heterocycles. The van der Waals surface area contributed by atoms with E-state index in [4.69, 9.17) is 0 Å². The second kappa shape index (κ2) is 5.88. The molecule has 0 spiro atoms. The second-order valence-corrected chi connectivity index (χ2v) is 5.79. The van der Waals surface area contributed by atoms with Crippen molar-refractivity contribution in [3.63, 3.8) is 0 Å². The molecule has 1 aromatic heterocycles. The van der Waals surface area contributed by atoms with Gasteiger partial charge in [0.1, 0.15) is 12.7 Å². The Hall–Kier alpha value is -2.21. The van der Waals surface area contributed by atoms with Gasteiger partial charge in [-0.2, -0.15) is 0 Å². The number of β-amino-alcohol motifs (C(OH)–C–C–N with tert-alkyl or cyclic N) is 1. The number of likely N-dealkylation sites (tertiary alicyclic amines) is 1. The minimum Gasteiger partial charge on any atom is -0.388 e. The van der Waals surface area contributed by atoms with Crippen molar-refractivity contribution in [2.75, 3.05) is 13.1 Å². The summed E-state index contributed by atoms with van der Waals surface area (Å²) in [6.45, 7) is 3.02. The molecule has 3 rings (SSSR count). The van der Waals surface area contributed by atoms with Crippen molar-refractivity contribution in [3.05, 3.63) is 42.5 Å². The smallest absolute Gasteiger partial charge is 0.256 e. The molecule has 0 unspecified atom stereocenters. The summed E-state index contributed by atoms with van der Waals surface area (Å²) in [7, 11) is 0. The van der Waals surface area contributed by atoms with Gasteiger partial charge in [-0.3, -0.25) is 9.36 Å². The number of amides is 1. The van der Waals surface area contributed by atoms with E-state index < -0.39 is 5.60 Å². The van der Waals surface area contributed by atoms with Gasteiger partial charge >= 0.3 is 0 Å². The molecule has 0 radical (unpaired) electrons. The topological polar surface area (TPSA) is 71.2 Å². The Morgan fingerprint density at radius 1 is 1.32 bits per heavy atom. The van der Waals surface area contributed by atoms with Gasteiger partial charge in [-0.05, 0) is 31.4 Å². The predicted molar refractivity (Wildman–Crippen MR) is 81.7 cm³/mol. The molecule has 1 aliphatic rings. The summed E-state index contributed by atoms with van der Waals surface area (Å²) in [6.07, 6.45) is 5.38. The third kappa shape index (κ3) is 2.74. The number of hydrogen-bond acceptors (Lipinski definition) is 4. The van der Waals surface area contributed by atoms with Crippen molar-refractivity contribution in [2.45, 2.75) is 31.8 Å².